The van der Waals surface area contributed by atoms with Gasteiger partial charge in [0.2, 0.25) is 0 Å². The number of carbonyl (C=O) groups is 1. The summed E-state index contributed by atoms with van der Waals surface area (Å²) >= 11 is 0. The van der Waals surface area contributed by atoms with Crippen LogP contribution in [-0.2, 0) is 6.42 Å². The number of furan rings is 1. The van der Waals surface area contributed by atoms with E-state index in [1.54, 1.807) is 11.2 Å². The van der Waals surface area contributed by atoms with E-state index in [1.807, 2.05) is 30.5 Å². The normalized spacial score (nSPS) is 26.0. The van der Waals surface area contributed by atoms with E-state index < -0.39 is 6.10 Å². The lowest BCUT2D eigenvalue weighted by Crippen LogP contribution is -2.30. The van der Waals surface area contributed by atoms with Crippen molar-refractivity contribution < 1.29 is 19.1 Å². The average molecular weight is 458 g/mol. The SMILES string of the molecule is O=C(c1ccc2c(c1)Oc1ccccc1C2C1CCC(Cc2ccoc2)CC1)N1CC[C@H](O)C1. The molecule has 1 aromatic heterocycles. The fourth-order valence-electron chi connectivity index (χ4n) is 6.21. The second kappa shape index (κ2) is 8.95. The molecule has 0 spiro atoms. The van der Waals surface area contributed by atoms with Crippen LogP contribution < -0.4 is 4.74 Å². The Kier molecular flexibility index (Phi) is 5.66. The van der Waals surface area contributed by atoms with Crippen LogP contribution in [0, 0.1) is 11.8 Å². The van der Waals surface area contributed by atoms with Gasteiger partial charge in [-0.25, -0.2) is 0 Å². The summed E-state index contributed by atoms with van der Waals surface area (Å²) in [5.41, 5.74) is 4.38. The summed E-state index contributed by atoms with van der Waals surface area (Å²) < 4.78 is 11.6. The highest BCUT2D eigenvalue weighted by molar-refractivity contribution is 5.95. The van der Waals surface area contributed by atoms with Gasteiger partial charge in [-0.05, 0) is 80.2 Å². The summed E-state index contributed by atoms with van der Waals surface area (Å²) in [7, 11) is 0. The van der Waals surface area contributed by atoms with Crippen LogP contribution >= 0.6 is 0 Å². The second-order valence-corrected chi connectivity index (χ2v) is 10.2. The van der Waals surface area contributed by atoms with Gasteiger partial charge in [0.25, 0.3) is 5.91 Å². The van der Waals surface area contributed by atoms with Gasteiger partial charge in [0.15, 0.2) is 0 Å². The molecule has 1 saturated carbocycles. The number of hydrogen-bond donors (Lipinski definition) is 1. The van der Waals surface area contributed by atoms with Gasteiger partial charge < -0.3 is 19.2 Å². The van der Waals surface area contributed by atoms with Crippen molar-refractivity contribution >= 4 is 5.91 Å². The van der Waals surface area contributed by atoms with Crippen molar-refractivity contribution in [3.63, 3.8) is 0 Å². The lowest BCUT2D eigenvalue weighted by atomic mass is 9.69. The number of fused-ring (bicyclic) bond motifs is 2. The molecule has 2 aromatic carbocycles. The molecule has 176 valence electrons. The van der Waals surface area contributed by atoms with Crippen LogP contribution in [-0.4, -0.2) is 35.1 Å². The smallest absolute Gasteiger partial charge is 0.254 e. The minimum absolute atomic E-state index is 0.0295. The minimum Gasteiger partial charge on any atom is -0.472 e. The summed E-state index contributed by atoms with van der Waals surface area (Å²) in [6, 6.07) is 16.4. The maximum absolute atomic E-state index is 13.0. The zero-order valence-corrected chi connectivity index (χ0v) is 19.4. The predicted octanol–water partition coefficient (Wildman–Crippen LogP) is 5.77. The molecule has 2 aliphatic heterocycles. The van der Waals surface area contributed by atoms with Crippen LogP contribution in [0.4, 0.5) is 0 Å². The number of β-amino-alcohol motifs (C(OH)–C–C–N with tert-alkyl or cyclic N) is 1. The van der Waals surface area contributed by atoms with Crippen LogP contribution in [0.25, 0.3) is 0 Å². The second-order valence-electron chi connectivity index (χ2n) is 10.2. The van der Waals surface area contributed by atoms with Gasteiger partial charge in [-0.1, -0.05) is 24.3 Å². The molecule has 3 heterocycles. The first-order valence-corrected chi connectivity index (χ1v) is 12.5. The van der Waals surface area contributed by atoms with Crippen molar-refractivity contribution in [2.24, 2.45) is 11.8 Å². The van der Waals surface area contributed by atoms with Crippen molar-refractivity contribution in [2.75, 3.05) is 13.1 Å². The van der Waals surface area contributed by atoms with E-state index in [4.69, 9.17) is 9.15 Å². The summed E-state index contributed by atoms with van der Waals surface area (Å²) in [6.45, 7) is 1.01. The molecule has 5 nitrogen and oxygen atoms in total. The fourth-order valence-corrected chi connectivity index (χ4v) is 6.21. The molecule has 3 aromatic rings. The molecule has 5 heteroatoms. The van der Waals surface area contributed by atoms with Crippen molar-refractivity contribution in [2.45, 2.75) is 50.5 Å². The maximum atomic E-state index is 13.0. The lowest BCUT2D eigenvalue weighted by Gasteiger charge is -2.38. The third-order valence-electron chi connectivity index (χ3n) is 7.99. The molecule has 2 fully saturated rings. The molecule has 1 unspecified atom stereocenters. The van der Waals surface area contributed by atoms with E-state index in [0.717, 1.165) is 17.9 Å². The van der Waals surface area contributed by atoms with Gasteiger partial charge in [0.05, 0.1) is 18.6 Å². The molecule has 0 bridgehead atoms. The number of rotatable bonds is 4. The van der Waals surface area contributed by atoms with Crippen LogP contribution in [0.2, 0.25) is 0 Å². The number of para-hydroxylation sites is 1. The third kappa shape index (κ3) is 4.03. The monoisotopic (exact) mass is 457 g/mol. The van der Waals surface area contributed by atoms with Crippen LogP contribution in [0.1, 0.15) is 65.1 Å². The molecule has 1 saturated heterocycles. The molecular weight excluding hydrogens is 426 g/mol. The molecule has 3 aliphatic rings. The molecule has 0 radical (unpaired) electrons. The summed E-state index contributed by atoms with van der Waals surface area (Å²) in [4.78, 5) is 14.8. The van der Waals surface area contributed by atoms with Gasteiger partial charge in [0.1, 0.15) is 11.5 Å². The number of nitrogens with zero attached hydrogens (tertiary/aromatic N) is 1. The van der Waals surface area contributed by atoms with Gasteiger partial charge in [-0.2, -0.15) is 0 Å². The zero-order valence-electron chi connectivity index (χ0n) is 19.4. The Balaban J connectivity index is 1.25. The van der Waals surface area contributed by atoms with E-state index in [-0.39, 0.29) is 11.8 Å². The predicted molar refractivity (Wildman–Crippen MR) is 129 cm³/mol. The van der Waals surface area contributed by atoms with E-state index >= 15 is 0 Å². The van der Waals surface area contributed by atoms with E-state index in [9.17, 15) is 9.90 Å². The number of aliphatic hydroxyl groups excluding tert-OH is 1. The molecule has 34 heavy (non-hydrogen) atoms. The standard InChI is InChI=1S/C29H31NO4/c31-23-11-13-30(17-23)29(32)22-9-10-25-27(16-22)34-26-4-2-1-3-24(26)28(25)21-7-5-19(6-8-21)15-20-12-14-33-18-20/h1-4,9-10,12,14,16,18-19,21,23,28,31H,5-8,11,13,15,17H2/t19?,21?,23-,28?/m0/s1. The van der Waals surface area contributed by atoms with Crippen molar-refractivity contribution in [3.8, 4) is 11.5 Å². The van der Waals surface area contributed by atoms with Crippen LogP contribution in [0.15, 0.2) is 65.5 Å². The first-order chi connectivity index (χ1) is 16.7. The highest BCUT2D eigenvalue weighted by atomic mass is 16.5. The summed E-state index contributed by atoms with van der Waals surface area (Å²) in [5, 5.41) is 9.84. The van der Waals surface area contributed by atoms with Gasteiger partial charge in [0, 0.05) is 35.7 Å². The number of carbonyl (C=O) groups excluding carboxylic acids is 1. The topological polar surface area (TPSA) is 62.9 Å². The Bertz CT molecular complexity index is 1160. The Morgan fingerprint density at radius 2 is 1.79 bits per heavy atom. The first-order valence-electron chi connectivity index (χ1n) is 12.5. The van der Waals surface area contributed by atoms with Crippen LogP contribution in [0.5, 0.6) is 11.5 Å². The van der Waals surface area contributed by atoms with E-state index in [2.05, 4.69) is 24.3 Å². The Morgan fingerprint density at radius 1 is 0.971 bits per heavy atom. The molecule has 1 amide bonds. The number of benzene rings is 2. The Labute approximate surface area is 200 Å². The molecule has 2 atom stereocenters. The van der Waals surface area contributed by atoms with Gasteiger partial charge >= 0.3 is 0 Å². The lowest BCUT2D eigenvalue weighted by molar-refractivity contribution is 0.0764. The highest BCUT2D eigenvalue weighted by Gasteiger charge is 2.36. The Hall–Kier alpha value is -3.05. The van der Waals surface area contributed by atoms with Crippen LogP contribution in [0.3, 0.4) is 0 Å². The average Bonchev–Trinajstić information content (AvgIpc) is 3.54. The largest absolute Gasteiger partial charge is 0.472 e. The Morgan fingerprint density at radius 3 is 2.56 bits per heavy atom. The maximum Gasteiger partial charge on any atom is 0.254 e. The van der Waals surface area contributed by atoms with Crippen molar-refractivity contribution in [1.82, 2.24) is 4.90 Å². The van der Waals surface area contributed by atoms with Crippen molar-refractivity contribution in [1.29, 1.82) is 0 Å². The number of likely N-dealkylation sites (tertiary alicyclic amines) is 1. The van der Waals surface area contributed by atoms with E-state index in [1.165, 1.54) is 42.4 Å². The van der Waals surface area contributed by atoms with Crippen molar-refractivity contribution in [3.05, 3.63) is 83.3 Å². The molecule has 6 rings (SSSR count). The minimum atomic E-state index is -0.419. The third-order valence-corrected chi connectivity index (χ3v) is 7.99. The van der Waals surface area contributed by atoms with Gasteiger partial charge in [-0.15, -0.1) is 0 Å². The molecule has 1 aliphatic carbocycles. The number of aliphatic hydroxyl groups is 1. The number of hydrogen-bond acceptors (Lipinski definition) is 4. The molecule has 1 N–H and O–H groups in total. The number of ether oxygens (including phenoxy) is 1. The number of amides is 1. The fraction of sp³-hybridized carbons (Fsp3) is 0.414. The summed E-state index contributed by atoms with van der Waals surface area (Å²) in [5.74, 6) is 3.22. The first kappa shape index (κ1) is 21.5. The van der Waals surface area contributed by atoms with E-state index in [0.29, 0.717) is 36.9 Å². The zero-order chi connectivity index (χ0) is 23.1. The van der Waals surface area contributed by atoms with Gasteiger partial charge in [-0.3, -0.25) is 4.79 Å². The summed E-state index contributed by atoms with van der Waals surface area (Å²) in [6.07, 6.45) is 9.78. The molecular formula is C29H31NO4. The highest BCUT2D eigenvalue weighted by Crippen LogP contribution is 2.51. The quantitative estimate of drug-likeness (QED) is 0.540.